The molecule has 4 aromatic carbocycles. The fraction of sp³-hybridized carbons (Fsp3) is 0.220. The number of benzene rings is 4. The second-order valence-corrected chi connectivity index (χ2v) is 16.3. The molecule has 8 rings (SSSR count). The molecule has 236 valence electrons. The summed E-state index contributed by atoms with van der Waals surface area (Å²) in [6, 6.07) is 35.0. The van der Waals surface area contributed by atoms with Crippen LogP contribution in [0.5, 0.6) is 0 Å². The molecule has 4 aromatic heterocycles. The van der Waals surface area contributed by atoms with Crippen LogP contribution in [-0.2, 0) is 31.9 Å². The molecule has 0 saturated carbocycles. The maximum Gasteiger partial charge on any atom is 2.00 e. The van der Waals surface area contributed by atoms with Crippen LogP contribution in [0.1, 0.15) is 58.2 Å². The molecule has 0 aliphatic carbocycles. The number of fused-ring (bicyclic) bond motifs is 4. The first-order valence-electron chi connectivity index (χ1n) is 15.7. The maximum absolute atomic E-state index is 6.54. The van der Waals surface area contributed by atoms with Crippen molar-refractivity contribution in [2.24, 2.45) is 0 Å². The van der Waals surface area contributed by atoms with Gasteiger partial charge in [-0.1, -0.05) is 89.0 Å². The van der Waals surface area contributed by atoms with Gasteiger partial charge in [0, 0.05) is 20.3 Å². The summed E-state index contributed by atoms with van der Waals surface area (Å²) in [5, 5.41) is 7.16. The monoisotopic (exact) mass is 829 g/mol. The van der Waals surface area contributed by atoms with Crippen molar-refractivity contribution in [3.05, 3.63) is 108 Å². The molecule has 0 spiro atoms. The van der Waals surface area contributed by atoms with Crippen LogP contribution < -0.4 is 0 Å². The van der Waals surface area contributed by atoms with Crippen molar-refractivity contribution in [3.8, 4) is 11.3 Å². The zero-order valence-corrected chi connectivity index (χ0v) is 31.3. The normalized spacial score (nSPS) is 12.5. The molecule has 3 nitrogen and oxygen atoms in total. The van der Waals surface area contributed by atoms with Crippen molar-refractivity contribution >= 4 is 76.1 Å². The first kappa shape index (κ1) is 32.1. The number of nitrogens with zero attached hydrogens (tertiary/aromatic N) is 2. The van der Waals surface area contributed by atoms with E-state index in [1.165, 1.54) is 21.4 Å². The first-order valence-corrected chi connectivity index (χ1v) is 17.3. The van der Waals surface area contributed by atoms with E-state index in [2.05, 4.69) is 133 Å². The van der Waals surface area contributed by atoms with Crippen LogP contribution in [0.4, 0.5) is 0 Å². The van der Waals surface area contributed by atoms with Crippen LogP contribution in [-0.4, -0.2) is 9.97 Å². The van der Waals surface area contributed by atoms with E-state index in [1.807, 2.05) is 6.07 Å². The second-order valence-electron chi connectivity index (χ2n) is 14.2. The molecule has 6 heteroatoms. The molecule has 0 amide bonds. The van der Waals surface area contributed by atoms with Gasteiger partial charge in [0.1, 0.15) is 5.58 Å². The summed E-state index contributed by atoms with van der Waals surface area (Å²) in [7, 11) is 0. The third-order valence-electron chi connectivity index (χ3n) is 8.76. The average Bonchev–Trinajstić information content (AvgIpc) is 3.35. The van der Waals surface area contributed by atoms with Gasteiger partial charge in [0.15, 0.2) is 0 Å². The Hall–Kier alpha value is -3.50. The van der Waals surface area contributed by atoms with Gasteiger partial charge in [-0.2, -0.15) is 0 Å². The average molecular weight is 830 g/mol. The number of aryl methyl sites for hydroxylation is 1. The first-order chi connectivity index (χ1) is 21.9. The summed E-state index contributed by atoms with van der Waals surface area (Å²) < 4.78 is 8.89. The molecule has 4 heterocycles. The number of pyridine rings is 2. The van der Waals surface area contributed by atoms with Gasteiger partial charge in [0.2, 0.25) is 0 Å². The van der Waals surface area contributed by atoms with E-state index >= 15 is 0 Å². The van der Waals surface area contributed by atoms with E-state index in [0.29, 0.717) is 0 Å². The number of hydrogen-bond donors (Lipinski definition) is 0. The standard InChI is InChI=1S/C41H34N2OS2.Pt/c1-23-18-33(46-34-22-27(41(5,6)7)21-30(42-34)25-13-10-14-26(19-25)40(2,3)4)43-37-29-20-24-12-8-9-15-28(24)38-35(29)36-31(44-38)16-11-17-32(36)45-39(23)37;/h8-12,14-19,21-22H,1-7H3;/q-2;+2. The molecular formula is C41H34N2OPtS2. The fourth-order valence-electron chi connectivity index (χ4n) is 6.20. The quantitative estimate of drug-likeness (QED) is 0.166. The predicted molar refractivity (Wildman–Crippen MR) is 196 cm³/mol. The number of furan rings is 1. The predicted octanol–water partition coefficient (Wildman–Crippen LogP) is 12.2. The molecule has 0 aliphatic rings. The maximum atomic E-state index is 6.54. The number of rotatable bonds is 3. The topological polar surface area (TPSA) is 38.9 Å². The van der Waals surface area contributed by atoms with Crippen molar-refractivity contribution < 1.29 is 25.5 Å². The van der Waals surface area contributed by atoms with Crippen molar-refractivity contribution in [2.75, 3.05) is 0 Å². The van der Waals surface area contributed by atoms with E-state index in [4.69, 9.17) is 14.4 Å². The molecule has 0 unspecified atom stereocenters. The van der Waals surface area contributed by atoms with E-state index < -0.39 is 0 Å². The molecule has 0 aliphatic heterocycles. The van der Waals surface area contributed by atoms with Gasteiger partial charge < -0.3 is 4.42 Å². The largest absolute Gasteiger partial charge is 2.00 e. The molecule has 0 N–H and O–H groups in total. The minimum Gasteiger partial charge on any atom is -0.472 e. The van der Waals surface area contributed by atoms with Crippen LogP contribution in [0, 0.1) is 19.1 Å². The molecule has 8 aromatic rings. The third kappa shape index (κ3) is 5.61. The van der Waals surface area contributed by atoms with Crippen LogP contribution in [0.15, 0.2) is 93.3 Å². The van der Waals surface area contributed by atoms with Gasteiger partial charge in [0.05, 0.1) is 15.6 Å². The second kappa shape index (κ2) is 11.6. The number of hydrogen-bond acceptors (Lipinski definition) is 5. The van der Waals surface area contributed by atoms with Gasteiger partial charge in [0.25, 0.3) is 0 Å². The summed E-state index contributed by atoms with van der Waals surface area (Å²) >= 11 is 3.39. The fourth-order valence-corrected chi connectivity index (χ4v) is 8.26. The zero-order chi connectivity index (χ0) is 32.0. The third-order valence-corrected chi connectivity index (χ3v) is 10.9. The van der Waals surface area contributed by atoms with Crippen molar-refractivity contribution in [1.29, 1.82) is 0 Å². The Morgan fingerprint density at radius 1 is 0.787 bits per heavy atom. The SMILES string of the molecule is Cc1cc(Sc2cc(C(C)(C)C)cc(-c3[c-]ccc(C(C)(C)C)c3)n2)nc2c1sc1cccc3oc4c5ccccc5[c-]c2c4c31.[Pt+2]. The molecule has 0 radical (unpaired) electrons. The van der Waals surface area contributed by atoms with E-state index in [1.54, 1.807) is 23.1 Å². The molecule has 0 atom stereocenters. The minimum atomic E-state index is -0.0491. The Morgan fingerprint density at radius 3 is 2.34 bits per heavy atom. The minimum absolute atomic E-state index is 0. The van der Waals surface area contributed by atoms with E-state index in [9.17, 15) is 0 Å². The summed E-state index contributed by atoms with van der Waals surface area (Å²) in [6.07, 6.45) is 0. The molecular weight excluding hydrogens is 796 g/mol. The van der Waals surface area contributed by atoms with Gasteiger partial charge >= 0.3 is 21.1 Å². The Balaban J connectivity index is 0.00000351. The molecule has 0 fully saturated rings. The van der Waals surface area contributed by atoms with Crippen LogP contribution in [0.3, 0.4) is 0 Å². The molecule has 47 heavy (non-hydrogen) atoms. The summed E-state index contributed by atoms with van der Waals surface area (Å²) in [5.74, 6) is 0. The van der Waals surface area contributed by atoms with Crippen LogP contribution in [0.25, 0.3) is 64.3 Å². The zero-order valence-electron chi connectivity index (χ0n) is 27.4. The van der Waals surface area contributed by atoms with Crippen molar-refractivity contribution in [1.82, 2.24) is 9.97 Å². The van der Waals surface area contributed by atoms with Gasteiger partial charge in [-0.15, -0.1) is 64.2 Å². The van der Waals surface area contributed by atoms with Crippen molar-refractivity contribution in [3.63, 3.8) is 0 Å². The van der Waals surface area contributed by atoms with E-state index in [0.717, 1.165) is 69.6 Å². The Bertz CT molecular complexity index is 2500. The van der Waals surface area contributed by atoms with Crippen molar-refractivity contribution in [2.45, 2.75) is 69.3 Å². The summed E-state index contributed by atoms with van der Waals surface area (Å²) in [4.78, 5) is 10.6. The van der Waals surface area contributed by atoms with Gasteiger partial charge in [-0.25, -0.2) is 0 Å². The smallest absolute Gasteiger partial charge is 0.472 e. The Labute approximate surface area is 298 Å². The Morgan fingerprint density at radius 2 is 1.55 bits per heavy atom. The summed E-state index contributed by atoms with van der Waals surface area (Å²) in [5.41, 5.74) is 8.36. The molecule has 0 saturated heterocycles. The van der Waals surface area contributed by atoms with Crippen LogP contribution >= 0.6 is 23.1 Å². The van der Waals surface area contributed by atoms with Crippen LogP contribution in [0.2, 0.25) is 0 Å². The van der Waals surface area contributed by atoms with E-state index in [-0.39, 0.29) is 31.9 Å². The van der Waals surface area contributed by atoms with Gasteiger partial charge in [-0.3, -0.25) is 9.97 Å². The molecule has 0 bridgehead atoms. The number of aromatic nitrogens is 2. The Kier molecular flexibility index (Phi) is 7.90. The van der Waals surface area contributed by atoms with Gasteiger partial charge in [-0.05, 0) is 69.6 Å². The summed E-state index contributed by atoms with van der Waals surface area (Å²) in [6.45, 7) is 15.7.